The largest absolute Gasteiger partial charge is 0.489 e. The Hall–Kier alpha value is -2.60. The highest BCUT2D eigenvalue weighted by Crippen LogP contribution is 2.41. The first kappa shape index (κ1) is 21.6. The van der Waals surface area contributed by atoms with Gasteiger partial charge in [0.05, 0.1) is 11.2 Å². The number of likely N-dealkylation sites (N-methyl/N-ethyl adjacent to an activating group) is 1. The number of nitrogens with zero attached hydrogens (tertiary/aromatic N) is 2. The summed E-state index contributed by atoms with van der Waals surface area (Å²) in [6.07, 6.45) is 0. The summed E-state index contributed by atoms with van der Waals surface area (Å²) >= 11 is 9.77. The second-order valence-corrected chi connectivity index (χ2v) is 8.86. The molecular formula is C25H22BrClN2O2. The van der Waals surface area contributed by atoms with Crippen LogP contribution in [0.4, 0.5) is 0 Å². The Morgan fingerprint density at radius 3 is 2.42 bits per heavy atom. The van der Waals surface area contributed by atoms with Gasteiger partial charge in [-0.3, -0.25) is 9.36 Å². The van der Waals surface area contributed by atoms with Gasteiger partial charge in [0.1, 0.15) is 6.61 Å². The van der Waals surface area contributed by atoms with E-state index in [0.717, 1.165) is 33.2 Å². The van der Waals surface area contributed by atoms with Crippen LogP contribution in [0, 0.1) is 0 Å². The van der Waals surface area contributed by atoms with Crippen LogP contribution in [0.5, 0.6) is 5.75 Å². The van der Waals surface area contributed by atoms with E-state index in [0.29, 0.717) is 22.9 Å². The minimum Gasteiger partial charge on any atom is -0.489 e. The Balaban J connectivity index is 1.97. The number of ether oxygens (including phenoxy) is 1. The maximum Gasteiger partial charge on any atom is 0.262 e. The average molecular weight is 498 g/mol. The summed E-state index contributed by atoms with van der Waals surface area (Å²) in [5.41, 5.74) is 2.98. The van der Waals surface area contributed by atoms with Gasteiger partial charge in [0.2, 0.25) is 0 Å². The standard InChI is InChI=1S/C25H22BrClN2O2/c1-28(2)14-15-31-24-21-16-20(27)12-13-22(21)29(23(24)17-6-4-3-5-7-17)25(30)18-8-10-19(26)11-9-18/h3-13,16H,14-15H2,1-2H3. The van der Waals surface area contributed by atoms with Crippen LogP contribution in [0.25, 0.3) is 22.2 Å². The molecule has 6 heteroatoms. The van der Waals surface area contributed by atoms with Crippen LogP contribution < -0.4 is 4.74 Å². The average Bonchev–Trinajstić information content (AvgIpc) is 3.07. The van der Waals surface area contributed by atoms with Crippen LogP contribution in [-0.2, 0) is 0 Å². The Morgan fingerprint density at radius 2 is 1.74 bits per heavy atom. The first-order valence-corrected chi connectivity index (χ1v) is 11.1. The molecule has 0 saturated carbocycles. The topological polar surface area (TPSA) is 34.5 Å². The molecule has 0 fully saturated rings. The molecular weight excluding hydrogens is 476 g/mol. The minimum absolute atomic E-state index is 0.124. The molecule has 0 unspecified atom stereocenters. The van der Waals surface area contributed by atoms with Gasteiger partial charge in [-0.05, 0) is 56.6 Å². The van der Waals surface area contributed by atoms with Gasteiger partial charge in [-0.1, -0.05) is 57.9 Å². The lowest BCUT2D eigenvalue weighted by Gasteiger charge is -2.14. The summed E-state index contributed by atoms with van der Waals surface area (Å²) in [5.74, 6) is 0.539. The molecule has 0 atom stereocenters. The first-order chi connectivity index (χ1) is 15.0. The van der Waals surface area contributed by atoms with Gasteiger partial charge in [0.15, 0.2) is 5.75 Å². The molecule has 0 aliphatic heterocycles. The lowest BCUT2D eigenvalue weighted by molar-refractivity contribution is 0.0966. The molecule has 158 valence electrons. The van der Waals surface area contributed by atoms with Crippen LogP contribution in [0.3, 0.4) is 0 Å². The highest BCUT2D eigenvalue weighted by molar-refractivity contribution is 9.10. The summed E-state index contributed by atoms with van der Waals surface area (Å²) in [6.45, 7) is 1.24. The van der Waals surface area contributed by atoms with Crippen LogP contribution in [0.1, 0.15) is 10.4 Å². The molecule has 0 bridgehead atoms. The molecule has 4 aromatic rings. The highest BCUT2D eigenvalue weighted by Gasteiger charge is 2.25. The van der Waals surface area contributed by atoms with Crippen molar-refractivity contribution in [3.8, 4) is 17.0 Å². The van der Waals surface area contributed by atoms with E-state index in [9.17, 15) is 4.79 Å². The van der Waals surface area contributed by atoms with Crippen molar-refractivity contribution < 1.29 is 9.53 Å². The summed E-state index contributed by atoms with van der Waals surface area (Å²) in [4.78, 5) is 15.8. The Labute approximate surface area is 195 Å². The number of fused-ring (bicyclic) bond motifs is 1. The quantitative estimate of drug-likeness (QED) is 0.311. The number of hydrogen-bond acceptors (Lipinski definition) is 3. The van der Waals surface area contributed by atoms with E-state index in [2.05, 4.69) is 20.8 Å². The van der Waals surface area contributed by atoms with Crippen molar-refractivity contribution in [2.75, 3.05) is 27.2 Å². The molecule has 4 nitrogen and oxygen atoms in total. The normalized spacial score (nSPS) is 11.3. The maximum absolute atomic E-state index is 13.7. The van der Waals surface area contributed by atoms with Crippen molar-refractivity contribution >= 4 is 44.3 Å². The Morgan fingerprint density at radius 1 is 1.03 bits per heavy atom. The van der Waals surface area contributed by atoms with Crippen LogP contribution in [0.2, 0.25) is 5.02 Å². The van der Waals surface area contributed by atoms with E-state index in [1.165, 1.54) is 0 Å². The number of halogens is 2. The van der Waals surface area contributed by atoms with Gasteiger partial charge in [-0.2, -0.15) is 0 Å². The number of carbonyl (C=O) groups excluding carboxylic acids is 1. The monoisotopic (exact) mass is 496 g/mol. The van der Waals surface area contributed by atoms with Gasteiger partial charge in [-0.25, -0.2) is 0 Å². The highest BCUT2D eigenvalue weighted by atomic mass is 79.9. The third-order valence-electron chi connectivity index (χ3n) is 5.01. The predicted molar refractivity (Wildman–Crippen MR) is 130 cm³/mol. The molecule has 1 heterocycles. The molecule has 31 heavy (non-hydrogen) atoms. The number of aromatic nitrogens is 1. The molecule has 0 amide bonds. The molecule has 1 aromatic heterocycles. The Bertz CT molecular complexity index is 1220. The van der Waals surface area contributed by atoms with E-state index in [-0.39, 0.29) is 5.91 Å². The summed E-state index contributed by atoms with van der Waals surface area (Å²) < 4.78 is 8.93. The zero-order valence-electron chi connectivity index (χ0n) is 17.3. The van der Waals surface area contributed by atoms with Crippen LogP contribution in [0.15, 0.2) is 77.3 Å². The van der Waals surface area contributed by atoms with Gasteiger partial charge >= 0.3 is 0 Å². The fourth-order valence-electron chi connectivity index (χ4n) is 3.50. The molecule has 0 aliphatic rings. The number of benzene rings is 3. The van der Waals surface area contributed by atoms with Crippen molar-refractivity contribution in [1.29, 1.82) is 0 Å². The van der Waals surface area contributed by atoms with Gasteiger partial charge in [0.25, 0.3) is 5.91 Å². The van der Waals surface area contributed by atoms with Crippen molar-refractivity contribution in [2.24, 2.45) is 0 Å². The van der Waals surface area contributed by atoms with Gasteiger partial charge in [-0.15, -0.1) is 0 Å². The second-order valence-electron chi connectivity index (χ2n) is 7.50. The molecule has 3 aromatic carbocycles. The number of carbonyl (C=O) groups is 1. The zero-order chi connectivity index (χ0) is 22.0. The van der Waals surface area contributed by atoms with Gasteiger partial charge < -0.3 is 9.64 Å². The molecule has 0 aliphatic carbocycles. The molecule has 0 spiro atoms. The molecule has 0 N–H and O–H groups in total. The maximum atomic E-state index is 13.7. The molecule has 4 rings (SSSR count). The van der Waals surface area contributed by atoms with Crippen molar-refractivity contribution in [3.05, 3.63) is 87.9 Å². The van der Waals surface area contributed by atoms with Crippen molar-refractivity contribution in [3.63, 3.8) is 0 Å². The van der Waals surface area contributed by atoms with Gasteiger partial charge in [0, 0.05) is 32.6 Å². The lowest BCUT2D eigenvalue weighted by Crippen LogP contribution is -2.19. The smallest absolute Gasteiger partial charge is 0.262 e. The fourth-order valence-corrected chi connectivity index (χ4v) is 3.94. The van der Waals surface area contributed by atoms with Crippen LogP contribution >= 0.6 is 27.5 Å². The van der Waals surface area contributed by atoms with Crippen molar-refractivity contribution in [1.82, 2.24) is 9.47 Å². The second kappa shape index (κ2) is 9.27. The van der Waals surface area contributed by atoms with E-state index in [1.54, 1.807) is 10.6 Å². The summed E-state index contributed by atoms with van der Waals surface area (Å²) in [5, 5.41) is 1.41. The van der Waals surface area contributed by atoms with E-state index in [4.69, 9.17) is 16.3 Å². The summed E-state index contributed by atoms with van der Waals surface area (Å²) in [7, 11) is 4.00. The summed E-state index contributed by atoms with van der Waals surface area (Å²) in [6, 6.07) is 22.7. The van der Waals surface area contributed by atoms with Crippen LogP contribution in [-0.4, -0.2) is 42.6 Å². The SMILES string of the molecule is CN(C)CCOc1c(-c2ccccc2)n(C(=O)c2ccc(Br)cc2)c2ccc(Cl)cc12. The fraction of sp³-hybridized carbons (Fsp3) is 0.160. The van der Waals surface area contributed by atoms with E-state index >= 15 is 0 Å². The first-order valence-electron chi connectivity index (χ1n) is 9.93. The third-order valence-corrected chi connectivity index (χ3v) is 5.77. The van der Waals surface area contributed by atoms with E-state index in [1.807, 2.05) is 80.8 Å². The number of hydrogen-bond donors (Lipinski definition) is 0. The zero-order valence-corrected chi connectivity index (χ0v) is 19.7. The van der Waals surface area contributed by atoms with E-state index < -0.39 is 0 Å². The van der Waals surface area contributed by atoms with Crippen molar-refractivity contribution in [2.45, 2.75) is 0 Å². The minimum atomic E-state index is -0.124. The molecule has 0 saturated heterocycles. The molecule has 0 radical (unpaired) electrons. The lowest BCUT2D eigenvalue weighted by atomic mass is 10.1. The number of rotatable bonds is 6. The predicted octanol–water partition coefficient (Wildman–Crippen LogP) is 6.35. The Kier molecular flexibility index (Phi) is 6.46. The third kappa shape index (κ3) is 4.54.